The predicted octanol–water partition coefficient (Wildman–Crippen LogP) is 5.89. The number of phenolic OH excluding ortho intramolecular Hbond substituents is 1. The van der Waals surface area contributed by atoms with E-state index in [1.54, 1.807) is 18.1 Å². The van der Waals surface area contributed by atoms with Crippen LogP contribution in [0, 0.1) is 17.8 Å². The number of imide groups is 1. The van der Waals surface area contributed by atoms with Crippen LogP contribution in [0.1, 0.15) is 76.7 Å². The molecular weight excluding hydrogens is 573 g/mol. The molecule has 40 heavy (non-hydrogen) atoms. The second kappa shape index (κ2) is 12.9. The fourth-order valence-corrected chi connectivity index (χ4v) is 7.94. The first-order chi connectivity index (χ1) is 19.3. The predicted molar refractivity (Wildman–Crippen MR) is 158 cm³/mol. The SMILES string of the molecule is CCC/C(=C\c1cc(Br)ccc1O)CC[C@H]1OB(O)C[C@H]2C1=C(COC)C[C@H]1C(=O)N(C3CCCCC3)C(=O)[C@H]12. The number of ether oxygens (including phenoxy) is 1. The number of amides is 2. The van der Waals surface area contributed by atoms with E-state index in [1.807, 2.05) is 18.2 Å². The number of halogens is 1. The van der Waals surface area contributed by atoms with Crippen molar-refractivity contribution in [1.82, 2.24) is 4.90 Å². The summed E-state index contributed by atoms with van der Waals surface area (Å²) >= 11 is 3.49. The van der Waals surface area contributed by atoms with Crippen molar-refractivity contribution in [3.63, 3.8) is 0 Å². The standard InChI is InChI=1S/C31H41BBrNO6/c1-3-7-19(14-20-15-22(33)11-12-26(20)35)10-13-27-28-21(18-39-2)16-24-29(25(28)17-32(38)40-27)31(37)34(30(24)36)23-8-5-4-6-9-23/h11-12,14-15,23-25,27,29,35,38H,3-10,13,16-18H2,1-2H3/b19-14+/t24-,25+,27-,29-/m1/s1. The number of hydrogen-bond donors (Lipinski definition) is 2. The number of benzene rings is 1. The Balaban J connectivity index is 1.42. The van der Waals surface area contributed by atoms with Crippen molar-refractivity contribution < 1.29 is 29.1 Å². The van der Waals surface area contributed by atoms with E-state index < -0.39 is 13.0 Å². The Morgan fingerprint density at radius 2 is 1.95 bits per heavy atom. The topological polar surface area (TPSA) is 96.3 Å². The molecule has 7 nitrogen and oxygen atoms in total. The molecule has 4 atom stereocenters. The van der Waals surface area contributed by atoms with Crippen LogP contribution in [0.3, 0.4) is 0 Å². The van der Waals surface area contributed by atoms with Gasteiger partial charge in [-0.2, -0.15) is 0 Å². The van der Waals surface area contributed by atoms with E-state index in [0.717, 1.165) is 72.5 Å². The van der Waals surface area contributed by atoms with E-state index in [4.69, 9.17) is 9.39 Å². The van der Waals surface area contributed by atoms with Gasteiger partial charge in [0.25, 0.3) is 0 Å². The molecule has 0 spiro atoms. The third-order valence-corrected chi connectivity index (χ3v) is 9.74. The van der Waals surface area contributed by atoms with E-state index in [-0.39, 0.29) is 41.5 Å². The van der Waals surface area contributed by atoms with Gasteiger partial charge < -0.3 is 19.5 Å². The summed E-state index contributed by atoms with van der Waals surface area (Å²) in [7, 11) is 0.672. The molecular formula is C31H41BBrNO6. The lowest BCUT2D eigenvalue weighted by atomic mass is 9.58. The van der Waals surface area contributed by atoms with E-state index in [9.17, 15) is 19.7 Å². The minimum atomic E-state index is -0.986. The molecule has 2 N–H and O–H groups in total. The zero-order chi connectivity index (χ0) is 28.4. The Bertz CT molecular complexity index is 1180. The molecule has 216 valence electrons. The summed E-state index contributed by atoms with van der Waals surface area (Å²) in [4.78, 5) is 29.2. The molecule has 4 aliphatic rings. The molecule has 1 aromatic rings. The Morgan fingerprint density at radius 1 is 1.18 bits per heavy atom. The molecule has 2 saturated heterocycles. The van der Waals surface area contributed by atoms with E-state index >= 15 is 0 Å². The summed E-state index contributed by atoms with van der Waals surface area (Å²) in [6.45, 7) is 2.52. The molecule has 0 unspecified atom stereocenters. The minimum absolute atomic E-state index is 0.00501. The van der Waals surface area contributed by atoms with Crippen LogP contribution >= 0.6 is 15.9 Å². The van der Waals surface area contributed by atoms with Gasteiger partial charge in [0.05, 0.1) is 24.5 Å². The van der Waals surface area contributed by atoms with Crippen LogP contribution < -0.4 is 0 Å². The third-order valence-electron chi connectivity index (χ3n) is 9.25. The van der Waals surface area contributed by atoms with Crippen molar-refractivity contribution in [2.75, 3.05) is 13.7 Å². The van der Waals surface area contributed by atoms with E-state index in [2.05, 4.69) is 22.9 Å². The van der Waals surface area contributed by atoms with Crippen molar-refractivity contribution in [3.05, 3.63) is 45.0 Å². The van der Waals surface area contributed by atoms with Crippen LogP contribution in [0.15, 0.2) is 39.4 Å². The van der Waals surface area contributed by atoms with Crippen molar-refractivity contribution in [3.8, 4) is 5.75 Å². The van der Waals surface area contributed by atoms with Crippen LogP contribution in [-0.4, -0.2) is 59.8 Å². The number of likely N-dealkylation sites (tertiary alicyclic amines) is 1. The molecule has 0 bridgehead atoms. The Kier molecular flexibility index (Phi) is 9.55. The second-order valence-electron chi connectivity index (χ2n) is 11.9. The number of fused-ring (bicyclic) bond motifs is 3. The first kappa shape index (κ1) is 29.6. The van der Waals surface area contributed by atoms with Crippen molar-refractivity contribution in [1.29, 1.82) is 0 Å². The zero-order valence-electron chi connectivity index (χ0n) is 23.6. The molecule has 0 aromatic heterocycles. The number of phenols is 1. The summed E-state index contributed by atoms with van der Waals surface area (Å²) in [5.41, 5.74) is 4.05. The number of aromatic hydroxyl groups is 1. The zero-order valence-corrected chi connectivity index (χ0v) is 25.2. The Morgan fingerprint density at radius 3 is 2.67 bits per heavy atom. The normalized spacial score (nSPS) is 27.9. The van der Waals surface area contributed by atoms with Crippen molar-refractivity contribution in [2.24, 2.45) is 17.8 Å². The van der Waals surface area contributed by atoms with Crippen LogP contribution in [0.5, 0.6) is 5.75 Å². The largest absolute Gasteiger partial charge is 0.507 e. The number of rotatable bonds is 9. The molecule has 2 amide bonds. The highest BCUT2D eigenvalue weighted by Gasteiger charge is 2.58. The summed E-state index contributed by atoms with van der Waals surface area (Å²) in [5.74, 6) is -0.892. The average Bonchev–Trinajstić information content (AvgIpc) is 3.19. The summed E-state index contributed by atoms with van der Waals surface area (Å²) in [5, 5.41) is 21.2. The van der Waals surface area contributed by atoms with Gasteiger partial charge in [-0.15, -0.1) is 0 Å². The smallest absolute Gasteiger partial charge is 0.455 e. The number of allylic oxidation sites excluding steroid dienone is 1. The van der Waals surface area contributed by atoms with Crippen LogP contribution in [0.4, 0.5) is 0 Å². The fraction of sp³-hybridized carbons (Fsp3) is 0.613. The first-order valence-corrected chi connectivity index (χ1v) is 15.7. The first-order valence-electron chi connectivity index (χ1n) is 14.9. The van der Waals surface area contributed by atoms with E-state index in [1.165, 1.54) is 5.57 Å². The second-order valence-corrected chi connectivity index (χ2v) is 12.8. The van der Waals surface area contributed by atoms with Gasteiger partial charge >= 0.3 is 7.12 Å². The lowest BCUT2D eigenvalue weighted by molar-refractivity contribution is -0.143. The average molecular weight is 614 g/mol. The highest BCUT2D eigenvalue weighted by atomic mass is 79.9. The van der Waals surface area contributed by atoms with Crippen LogP contribution in [0.2, 0.25) is 6.32 Å². The van der Waals surface area contributed by atoms with E-state index in [0.29, 0.717) is 25.8 Å². The van der Waals surface area contributed by atoms with Gasteiger partial charge in [-0.25, -0.2) is 0 Å². The van der Waals surface area contributed by atoms with Gasteiger partial charge in [-0.1, -0.05) is 60.2 Å². The number of carbonyl (C=O) groups excluding carboxylic acids is 2. The molecule has 1 aromatic carbocycles. The summed E-state index contributed by atoms with van der Waals surface area (Å²) < 4.78 is 12.7. The summed E-state index contributed by atoms with van der Waals surface area (Å²) in [6, 6.07) is 5.41. The fourth-order valence-electron chi connectivity index (χ4n) is 7.56. The quantitative estimate of drug-likeness (QED) is 0.205. The van der Waals surface area contributed by atoms with Gasteiger partial charge in [0.15, 0.2) is 0 Å². The Hall–Kier alpha value is -1.94. The molecule has 2 heterocycles. The molecule has 1 saturated carbocycles. The summed E-state index contributed by atoms with van der Waals surface area (Å²) in [6.07, 6.45) is 10.8. The molecule has 2 aliphatic heterocycles. The minimum Gasteiger partial charge on any atom is -0.507 e. The Labute approximate surface area is 246 Å². The number of nitrogens with zero attached hydrogens (tertiary/aromatic N) is 1. The number of methoxy groups -OCH3 is 1. The molecule has 3 fully saturated rings. The van der Waals surface area contributed by atoms with Crippen LogP contribution in [-0.2, 0) is 19.0 Å². The van der Waals surface area contributed by atoms with Crippen molar-refractivity contribution in [2.45, 2.75) is 89.6 Å². The number of hydrogen-bond acceptors (Lipinski definition) is 6. The maximum Gasteiger partial charge on any atom is 0.455 e. The highest BCUT2D eigenvalue weighted by molar-refractivity contribution is 9.10. The van der Waals surface area contributed by atoms with Crippen LogP contribution in [0.25, 0.3) is 6.08 Å². The molecule has 9 heteroatoms. The molecule has 2 aliphatic carbocycles. The monoisotopic (exact) mass is 613 g/mol. The molecule has 5 rings (SSSR count). The number of carbonyl (C=O) groups is 2. The van der Waals surface area contributed by atoms with Gasteiger partial charge in [0.2, 0.25) is 11.8 Å². The third kappa shape index (κ3) is 5.99. The lowest BCUT2D eigenvalue weighted by Crippen LogP contribution is -2.47. The molecule has 0 radical (unpaired) electrons. The van der Waals surface area contributed by atoms with Gasteiger partial charge in [-0.3, -0.25) is 14.5 Å². The maximum atomic E-state index is 13.9. The van der Waals surface area contributed by atoms with Crippen molar-refractivity contribution >= 4 is 40.9 Å². The van der Waals surface area contributed by atoms with Gasteiger partial charge in [0.1, 0.15) is 5.75 Å². The maximum absolute atomic E-state index is 13.9. The van der Waals surface area contributed by atoms with Gasteiger partial charge in [-0.05, 0) is 80.1 Å². The van der Waals surface area contributed by atoms with Gasteiger partial charge in [0, 0.05) is 23.2 Å². The highest BCUT2D eigenvalue weighted by Crippen LogP contribution is 2.51. The lowest BCUT2D eigenvalue weighted by Gasteiger charge is -2.43.